The highest BCUT2D eigenvalue weighted by molar-refractivity contribution is 6.33. The number of rotatable bonds is 3. The van der Waals surface area contributed by atoms with Gasteiger partial charge in [-0.15, -0.1) is 13.2 Å². The lowest BCUT2D eigenvalue weighted by Gasteiger charge is -2.10. The van der Waals surface area contributed by atoms with Crippen LogP contribution in [0.4, 0.5) is 18.9 Å². The minimum absolute atomic E-state index is 0.0633. The Balaban J connectivity index is 2.38. The Morgan fingerprint density at radius 3 is 2.43 bits per heavy atom. The monoisotopic (exact) mass is 317 g/mol. The van der Waals surface area contributed by atoms with Gasteiger partial charge in [-0.1, -0.05) is 23.7 Å². The zero-order valence-corrected chi connectivity index (χ0v) is 11.0. The molecule has 0 saturated heterocycles. The molecule has 0 aliphatic carbocycles. The summed E-state index contributed by atoms with van der Waals surface area (Å²) >= 11 is 5.93. The van der Waals surface area contributed by atoms with E-state index in [2.05, 4.69) is 4.74 Å². The maximum atomic E-state index is 12.2. The third kappa shape index (κ3) is 3.85. The number of hydrogen-bond donors (Lipinski definition) is 0. The highest BCUT2D eigenvalue weighted by Crippen LogP contribution is 2.33. The first kappa shape index (κ1) is 15.1. The fourth-order valence-corrected chi connectivity index (χ4v) is 2.00. The van der Waals surface area contributed by atoms with E-state index in [1.807, 2.05) is 0 Å². The average molecular weight is 318 g/mol. The van der Waals surface area contributed by atoms with E-state index in [4.69, 9.17) is 11.6 Å². The van der Waals surface area contributed by atoms with Gasteiger partial charge in [0.1, 0.15) is 5.75 Å². The van der Waals surface area contributed by atoms with E-state index in [1.54, 1.807) is 0 Å². The van der Waals surface area contributed by atoms with Crippen LogP contribution in [0.15, 0.2) is 42.5 Å². The van der Waals surface area contributed by atoms with E-state index in [1.165, 1.54) is 24.3 Å². The van der Waals surface area contributed by atoms with Crippen molar-refractivity contribution in [1.29, 1.82) is 0 Å². The first-order valence-electron chi connectivity index (χ1n) is 5.56. The van der Waals surface area contributed by atoms with Gasteiger partial charge in [-0.3, -0.25) is 10.1 Å². The zero-order chi connectivity index (χ0) is 15.6. The van der Waals surface area contributed by atoms with E-state index in [0.29, 0.717) is 11.1 Å². The number of hydrogen-bond acceptors (Lipinski definition) is 3. The van der Waals surface area contributed by atoms with Crippen molar-refractivity contribution in [3.05, 3.63) is 57.6 Å². The summed E-state index contributed by atoms with van der Waals surface area (Å²) in [6.45, 7) is 0. The van der Waals surface area contributed by atoms with Gasteiger partial charge in [0.25, 0.3) is 5.69 Å². The Kier molecular flexibility index (Phi) is 4.04. The predicted molar refractivity (Wildman–Crippen MR) is 70.2 cm³/mol. The second kappa shape index (κ2) is 5.61. The van der Waals surface area contributed by atoms with Gasteiger partial charge >= 0.3 is 6.36 Å². The number of ether oxygens (including phenoxy) is 1. The second-order valence-electron chi connectivity index (χ2n) is 4.00. The SMILES string of the molecule is O=[N+]([O-])c1ccc(-c2cccc(OC(F)(F)F)c2)c(Cl)c1. The lowest BCUT2D eigenvalue weighted by atomic mass is 10.1. The smallest absolute Gasteiger partial charge is 0.406 e. The van der Waals surface area contributed by atoms with Gasteiger partial charge in [0.2, 0.25) is 0 Å². The van der Waals surface area contributed by atoms with Gasteiger partial charge in [-0.2, -0.15) is 0 Å². The molecule has 0 spiro atoms. The topological polar surface area (TPSA) is 52.4 Å². The minimum atomic E-state index is -4.79. The molecule has 0 atom stereocenters. The molecular weight excluding hydrogens is 311 g/mol. The van der Waals surface area contributed by atoms with Crippen molar-refractivity contribution in [2.24, 2.45) is 0 Å². The summed E-state index contributed by atoms with van der Waals surface area (Å²) in [6.07, 6.45) is -4.79. The molecular formula is C13H7ClF3NO3. The maximum absolute atomic E-state index is 12.2. The summed E-state index contributed by atoms with van der Waals surface area (Å²) in [4.78, 5) is 10.0. The molecule has 0 saturated carbocycles. The van der Waals surface area contributed by atoms with Crippen molar-refractivity contribution in [2.75, 3.05) is 0 Å². The van der Waals surface area contributed by atoms with E-state index in [0.717, 1.165) is 18.2 Å². The van der Waals surface area contributed by atoms with E-state index >= 15 is 0 Å². The van der Waals surface area contributed by atoms with Crippen LogP contribution in [-0.4, -0.2) is 11.3 Å². The summed E-state index contributed by atoms with van der Waals surface area (Å²) in [5, 5.41) is 10.7. The Morgan fingerprint density at radius 1 is 1.14 bits per heavy atom. The van der Waals surface area contributed by atoms with Crippen molar-refractivity contribution in [3.63, 3.8) is 0 Å². The van der Waals surface area contributed by atoms with E-state index in [-0.39, 0.29) is 10.7 Å². The first-order chi connectivity index (χ1) is 9.76. The summed E-state index contributed by atoms with van der Waals surface area (Å²) in [7, 11) is 0. The number of nitro benzene ring substituents is 1. The minimum Gasteiger partial charge on any atom is -0.406 e. The van der Waals surface area contributed by atoms with E-state index < -0.39 is 17.0 Å². The molecule has 0 bridgehead atoms. The van der Waals surface area contributed by atoms with Gasteiger partial charge in [0, 0.05) is 17.7 Å². The summed E-state index contributed by atoms with van der Waals surface area (Å²) in [6, 6.07) is 8.92. The predicted octanol–water partition coefficient (Wildman–Crippen LogP) is 4.81. The molecule has 0 unspecified atom stereocenters. The van der Waals surface area contributed by atoms with Crippen LogP contribution >= 0.6 is 11.6 Å². The average Bonchev–Trinajstić information content (AvgIpc) is 2.36. The molecule has 0 amide bonds. The summed E-state index contributed by atoms with van der Waals surface area (Å²) in [5.74, 6) is -0.394. The highest BCUT2D eigenvalue weighted by atomic mass is 35.5. The molecule has 21 heavy (non-hydrogen) atoms. The van der Waals surface area contributed by atoms with Crippen LogP contribution in [0.5, 0.6) is 5.75 Å². The molecule has 0 fully saturated rings. The largest absolute Gasteiger partial charge is 0.573 e. The second-order valence-corrected chi connectivity index (χ2v) is 4.40. The number of halogens is 4. The number of nitro groups is 1. The van der Waals surface area contributed by atoms with Crippen LogP contribution in [0.1, 0.15) is 0 Å². The lowest BCUT2D eigenvalue weighted by Crippen LogP contribution is -2.17. The molecule has 2 aromatic rings. The van der Waals surface area contributed by atoms with Crippen molar-refractivity contribution >= 4 is 17.3 Å². The van der Waals surface area contributed by atoms with Crippen molar-refractivity contribution in [2.45, 2.75) is 6.36 Å². The van der Waals surface area contributed by atoms with Crippen molar-refractivity contribution in [1.82, 2.24) is 0 Å². The highest BCUT2D eigenvalue weighted by Gasteiger charge is 2.31. The fourth-order valence-electron chi connectivity index (χ4n) is 1.71. The number of nitrogens with zero attached hydrogens (tertiary/aromatic N) is 1. The molecule has 0 heterocycles. The molecule has 0 N–H and O–H groups in total. The molecule has 110 valence electrons. The van der Waals surface area contributed by atoms with Crippen LogP contribution in [0.25, 0.3) is 11.1 Å². The Bertz CT molecular complexity index is 689. The van der Waals surface area contributed by atoms with Crippen LogP contribution in [0.2, 0.25) is 5.02 Å². The molecule has 2 aromatic carbocycles. The summed E-state index contributed by atoms with van der Waals surface area (Å²) in [5.41, 5.74) is 0.526. The van der Waals surface area contributed by atoms with Gasteiger partial charge in [0.15, 0.2) is 0 Å². The molecule has 8 heteroatoms. The zero-order valence-electron chi connectivity index (χ0n) is 10.2. The molecule has 0 radical (unpaired) electrons. The molecule has 4 nitrogen and oxygen atoms in total. The van der Waals surface area contributed by atoms with Crippen LogP contribution in [0.3, 0.4) is 0 Å². The molecule has 0 aliphatic heterocycles. The quantitative estimate of drug-likeness (QED) is 0.602. The van der Waals surface area contributed by atoms with Gasteiger partial charge < -0.3 is 4.74 Å². The van der Waals surface area contributed by atoms with Gasteiger partial charge in [-0.25, -0.2) is 0 Å². The maximum Gasteiger partial charge on any atom is 0.573 e. The van der Waals surface area contributed by atoms with Crippen LogP contribution in [-0.2, 0) is 0 Å². The molecule has 0 aromatic heterocycles. The van der Waals surface area contributed by atoms with Crippen molar-refractivity contribution in [3.8, 4) is 16.9 Å². The van der Waals surface area contributed by atoms with Crippen molar-refractivity contribution < 1.29 is 22.8 Å². The standard InChI is InChI=1S/C13H7ClF3NO3/c14-12-7-9(18(19)20)4-5-11(12)8-2-1-3-10(6-8)21-13(15,16)17/h1-7H. The molecule has 2 rings (SSSR count). The Labute approximate surface area is 121 Å². The third-order valence-corrected chi connectivity index (χ3v) is 2.85. The number of non-ortho nitro benzene ring substituents is 1. The normalized spacial score (nSPS) is 11.2. The first-order valence-corrected chi connectivity index (χ1v) is 5.94. The van der Waals surface area contributed by atoms with Crippen LogP contribution < -0.4 is 4.74 Å². The third-order valence-electron chi connectivity index (χ3n) is 2.54. The van der Waals surface area contributed by atoms with Crippen LogP contribution in [0, 0.1) is 10.1 Å². The Morgan fingerprint density at radius 2 is 1.86 bits per heavy atom. The fraction of sp³-hybridized carbons (Fsp3) is 0.0769. The molecule has 0 aliphatic rings. The van der Waals surface area contributed by atoms with Gasteiger partial charge in [0.05, 0.1) is 9.95 Å². The lowest BCUT2D eigenvalue weighted by molar-refractivity contribution is -0.384. The Hall–Kier alpha value is -2.28. The number of benzene rings is 2. The van der Waals surface area contributed by atoms with E-state index in [9.17, 15) is 23.3 Å². The van der Waals surface area contributed by atoms with Gasteiger partial charge in [-0.05, 0) is 23.8 Å². The summed E-state index contributed by atoms with van der Waals surface area (Å²) < 4.78 is 40.3. The number of alkyl halides is 3.